The molecule has 2 N–H and O–H groups in total. The fraction of sp³-hybridized carbons (Fsp3) is 0.316. The quantitative estimate of drug-likeness (QED) is 0.852. The lowest BCUT2D eigenvalue weighted by Gasteiger charge is -2.22. The Morgan fingerprint density at radius 2 is 1.67 bits per heavy atom. The van der Waals surface area contributed by atoms with Crippen LogP contribution in [0.2, 0.25) is 0 Å². The molecule has 0 bridgehead atoms. The fourth-order valence-electron chi connectivity index (χ4n) is 2.31. The van der Waals surface area contributed by atoms with Crippen molar-refractivity contribution in [3.05, 3.63) is 60.2 Å². The normalized spacial score (nSPS) is 13.0. The van der Waals surface area contributed by atoms with E-state index in [2.05, 4.69) is 5.32 Å². The number of rotatable bonds is 6. The molecule has 0 aliphatic carbocycles. The maximum Gasteiger partial charge on any atom is 0.317 e. The lowest BCUT2D eigenvalue weighted by molar-refractivity contribution is 0.142. The Balaban J connectivity index is 1.93. The third-order valence-electron chi connectivity index (χ3n) is 3.58. The number of likely N-dealkylation sites (N-methyl/N-ethyl adjacent to an activating group) is 1. The number of benzene rings is 2. The molecule has 2 rings (SSSR count). The Morgan fingerprint density at radius 1 is 1.08 bits per heavy atom. The Bertz CT molecular complexity index is 641. The van der Waals surface area contributed by atoms with Crippen molar-refractivity contribution in [2.75, 3.05) is 13.6 Å². The number of nitrogens with one attached hydrogen (secondary N) is 1. The van der Waals surface area contributed by atoms with Gasteiger partial charge >= 0.3 is 6.03 Å². The summed E-state index contributed by atoms with van der Waals surface area (Å²) in [5.41, 5.74) is 0.981. The molecular formula is C19H24N2O3. The first-order chi connectivity index (χ1) is 11.5. The van der Waals surface area contributed by atoms with Gasteiger partial charge in [0.25, 0.3) is 0 Å². The van der Waals surface area contributed by atoms with Gasteiger partial charge in [-0.05, 0) is 43.7 Å². The summed E-state index contributed by atoms with van der Waals surface area (Å²) < 4.78 is 5.75. The highest BCUT2D eigenvalue weighted by Gasteiger charge is 2.14. The van der Waals surface area contributed by atoms with Crippen LogP contribution in [0.25, 0.3) is 0 Å². The number of hydrogen-bond acceptors (Lipinski definition) is 3. The van der Waals surface area contributed by atoms with Crippen LogP contribution in [-0.4, -0.2) is 35.7 Å². The van der Waals surface area contributed by atoms with Crippen LogP contribution in [0.5, 0.6) is 11.5 Å². The molecule has 2 atom stereocenters. The lowest BCUT2D eigenvalue weighted by Crippen LogP contribution is -2.41. The number of aliphatic hydroxyl groups excluding tert-OH is 1. The van der Waals surface area contributed by atoms with Crippen LogP contribution in [0.15, 0.2) is 54.6 Å². The zero-order valence-electron chi connectivity index (χ0n) is 14.3. The number of ether oxygens (including phenoxy) is 1. The molecule has 24 heavy (non-hydrogen) atoms. The van der Waals surface area contributed by atoms with E-state index in [4.69, 9.17) is 4.74 Å². The van der Waals surface area contributed by atoms with Gasteiger partial charge in [0, 0.05) is 13.6 Å². The first kappa shape index (κ1) is 17.8. The molecule has 0 fully saturated rings. The SMILES string of the molecule is CC(O)CN(C)C(=O)NC(C)c1ccc(Oc2ccccc2)cc1. The summed E-state index contributed by atoms with van der Waals surface area (Å²) in [6.07, 6.45) is -0.550. The Hall–Kier alpha value is -2.53. The fourth-order valence-corrected chi connectivity index (χ4v) is 2.31. The van der Waals surface area contributed by atoms with E-state index in [0.717, 1.165) is 17.1 Å². The zero-order valence-corrected chi connectivity index (χ0v) is 14.3. The number of aliphatic hydroxyl groups is 1. The lowest BCUT2D eigenvalue weighted by atomic mass is 10.1. The standard InChI is InChI=1S/C19H24N2O3/c1-14(22)13-21(3)19(23)20-15(2)16-9-11-18(12-10-16)24-17-7-5-4-6-8-17/h4-12,14-15,22H,13H2,1-3H3,(H,20,23). The highest BCUT2D eigenvalue weighted by atomic mass is 16.5. The predicted octanol–water partition coefficient (Wildman–Crippen LogP) is 3.56. The van der Waals surface area contributed by atoms with Crippen LogP contribution >= 0.6 is 0 Å². The third kappa shape index (κ3) is 5.28. The first-order valence-electron chi connectivity index (χ1n) is 7.98. The van der Waals surface area contributed by atoms with Gasteiger partial charge in [0.15, 0.2) is 0 Å². The van der Waals surface area contributed by atoms with E-state index >= 15 is 0 Å². The summed E-state index contributed by atoms with van der Waals surface area (Å²) in [6, 6.07) is 16.8. The average Bonchev–Trinajstić information content (AvgIpc) is 2.55. The van der Waals surface area contributed by atoms with Gasteiger partial charge in [-0.3, -0.25) is 0 Å². The molecule has 0 spiro atoms. The summed E-state index contributed by atoms with van der Waals surface area (Å²) in [5.74, 6) is 1.53. The number of amides is 2. The summed E-state index contributed by atoms with van der Waals surface area (Å²) in [6.45, 7) is 3.86. The molecule has 0 aliphatic rings. The summed E-state index contributed by atoms with van der Waals surface area (Å²) in [7, 11) is 1.66. The average molecular weight is 328 g/mol. The monoisotopic (exact) mass is 328 g/mol. The molecule has 2 aromatic carbocycles. The summed E-state index contributed by atoms with van der Waals surface area (Å²) >= 11 is 0. The van der Waals surface area contributed by atoms with Crippen molar-refractivity contribution in [2.24, 2.45) is 0 Å². The molecule has 2 amide bonds. The minimum Gasteiger partial charge on any atom is -0.457 e. The second kappa shape index (κ2) is 8.36. The largest absolute Gasteiger partial charge is 0.457 e. The van der Waals surface area contributed by atoms with Crippen LogP contribution in [-0.2, 0) is 0 Å². The molecular weight excluding hydrogens is 304 g/mol. The molecule has 2 aromatic rings. The van der Waals surface area contributed by atoms with E-state index in [1.807, 2.05) is 61.5 Å². The van der Waals surface area contributed by atoms with Crippen LogP contribution in [0.3, 0.4) is 0 Å². The van der Waals surface area contributed by atoms with E-state index in [1.54, 1.807) is 14.0 Å². The van der Waals surface area contributed by atoms with Gasteiger partial charge in [-0.1, -0.05) is 30.3 Å². The number of carbonyl (C=O) groups is 1. The van der Waals surface area contributed by atoms with Crippen molar-refractivity contribution in [3.63, 3.8) is 0 Å². The van der Waals surface area contributed by atoms with Crippen molar-refractivity contribution >= 4 is 6.03 Å². The van der Waals surface area contributed by atoms with E-state index in [0.29, 0.717) is 6.54 Å². The van der Waals surface area contributed by atoms with Crippen LogP contribution in [0.1, 0.15) is 25.5 Å². The van der Waals surface area contributed by atoms with Crippen LogP contribution in [0, 0.1) is 0 Å². The second-order valence-electron chi connectivity index (χ2n) is 5.88. The Kier molecular flexibility index (Phi) is 6.21. The molecule has 0 saturated carbocycles. The second-order valence-corrected chi connectivity index (χ2v) is 5.88. The topological polar surface area (TPSA) is 61.8 Å². The Labute approximate surface area is 142 Å². The van der Waals surface area contributed by atoms with Crippen molar-refractivity contribution < 1.29 is 14.6 Å². The minimum absolute atomic E-state index is 0.139. The Morgan fingerprint density at radius 3 is 2.25 bits per heavy atom. The number of para-hydroxylation sites is 1. The number of hydrogen-bond donors (Lipinski definition) is 2. The maximum atomic E-state index is 12.0. The van der Waals surface area contributed by atoms with Crippen molar-refractivity contribution in [2.45, 2.75) is 26.0 Å². The maximum absolute atomic E-state index is 12.0. The number of urea groups is 1. The first-order valence-corrected chi connectivity index (χ1v) is 7.98. The van der Waals surface area contributed by atoms with E-state index < -0.39 is 6.10 Å². The molecule has 0 heterocycles. The van der Waals surface area contributed by atoms with Gasteiger partial charge in [-0.25, -0.2) is 4.79 Å². The molecule has 2 unspecified atom stereocenters. The van der Waals surface area contributed by atoms with Gasteiger partial charge in [0.1, 0.15) is 11.5 Å². The highest BCUT2D eigenvalue weighted by molar-refractivity contribution is 5.74. The molecule has 128 valence electrons. The van der Waals surface area contributed by atoms with Crippen molar-refractivity contribution in [1.82, 2.24) is 10.2 Å². The van der Waals surface area contributed by atoms with Crippen molar-refractivity contribution in [3.8, 4) is 11.5 Å². The van der Waals surface area contributed by atoms with Gasteiger partial charge in [0.05, 0.1) is 12.1 Å². The summed E-state index contributed by atoms with van der Waals surface area (Å²) in [4.78, 5) is 13.5. The molecule has 0 saturated heterocycles. The molecule has 0 aromatic heterocycles. The van der Waals surface area contributed by atoms with Gasteiger partial charge in [-0.15, -0.1) is 0 Å². The number of nitrogens with zero attached hydrogens (tertiary/aromatic N) is 1. The molecule has 0 aliphatic heterocycles. The van der Waals surface area contributed by atoms with Gasteiger partial charge in [0.2, 0.25) is 0 Å². The van der Waals surface area contributed by atoms with Crippen LogP contribution < -0.4 is 10.1 Å². The smallest absolute Gasteiger partial charge is 0.317 e. The van der Waals surface area contributed by atoms with Crippen molar-refractivity contribution in [1.29, 1.82) is 0 Å². The molecule has 0 radical (unpaired) electrons. The molecule has 5 heteroatoms. The third-order valence-corrected chi connectivity index (χ3v) is 3.58. The molecule has 5 nitrogen and oxygen atoms in total. The predicted molar refractivity (Wildman–Crippen MR) is 94.2 cm³/mol. The van der Waals surface area contributed by atoms with E-state index in [-0.39, 0.29) is 12.1 Å². The van der Waals surface area contributed by atoms with E-state index in [1.165, 1.54) is 4.90 Å². The van der Waals surface area contributed by atoms with Gasteiger partial charge < -0.3 is 20.1 Å². The number of carbonyl (C=O) groups excluding carboxylic acids is 1. The zero-order chi connectivity index (χ0) is 17.5. The van der Waals surface area contributed by atoms with Gasteiger partial charge in [-0.2, -0.15) is 0 Å². The minimum atomic E-state index is -0.550. The van der Waals surface area contributed by atoms with E-state index in [9.17, 15) is 9.90 Å². The highest BCUT2D eigenvalue weighted by Crippen LogP contribution is 2.23. The summed E-state index contributed by atoms with van der Waals surface area (Å²) in [5, 5.41) is 12.2. The van der Waals surface area contributed by atoms with Crippen LogP contribution in [0.4, 0.5) is 4.79 Å².